The largest absolute Gasteiger partial charge is 0.381 e. The maximum absolute atomic E-state index is 13.9. The minimum absolute atomic E-state index is 0.0588. The van der Waals surface area contributed by atoms with Crippen LogP contribution in [0.25, 0.3) is 0 Å². The Balaban J connectivity index is 1.35. The topological polar surface area (TPSA) is 99.7 Å². The highest BCUT2D eigenvalue weighted by atomic mass is 35.5. The van der Waals surface area contributed by atoms with E-state index < -0.39 is 0 Å². The van der Waals surface area contributed by atoms with Crippen LogP contribution in [-0.2, 0) is 9.53 Å². The number of nitrogens with one attached hydrogen (secondary N) is 2. The zero-order valence-electron chi connectivity index (χ0n) is 24.1. The van der Waals surface area contributed by atoms with Crippen molar-refractivity contribution in [1.82, 2.24) is 25.1 Å². The second kappa shape index (κ2) is 13.2. The highest BCUT2D eigenvalue weighted by molar-refractivity contribution is 6.42. The monoisotopic (exact) mass is 602 g/mol. The number of halogens is 2. The minimum atomic E-state index is -0.0672. The first-order chi connectivity index (χ1) is 19.7. The molecule has 11 heteroatoms. The molecule has 2 amide bonds. The molecule has 1 aromatic carbocycles. The molecule has 0 spiro atoms. The van der Waals surface area contributed by atoms with E-state index in [-0.39, 0.29) is 17.7 Å². The van der Waals surface area contributed by atoms with Crippen molar-refractivity contribution in [3.05, 3.63) is 45.3 Å². The zero-order chi connectivity index (χ0) is 29.1. The second-order valence-electron chi connectivity index (χ2n) is 11.6. The van der Waals surface area contributed by atoms with Gasteiger partial charge in [-0.1, -0.05) is 30.1 Å². The van der Waals surface area contributed by atoms with Gasteiger partial charge in [0.1, 0.15) is 17.3 Å². The summed E-state index contributed by atoms with van der Waals surface area (Å²) in [6.07, 6.45) is 4.35. The van der Waals surface area contributed by atoms with Gasteiger partial charge in [0.2, 0.25) is 5.91 Å². The van der Waals surface area contributed by atoms with E-state index in [0.717, 1.165) is 51.0 Å². The molecule has 0 saturated carbocycles. The fourth-order valence-electron chi connectivity index (χ4n) is 6.04. The standard InChI is InChI=1S/C30H40Cl2N6O3/c1-18-17-41-15-10-26(18)33-22-8-13-38(14-9-22)30(40)27-19(2)28(34-23-4-5-24(31)25(32)16-23)36-29(35-27)21-6-11-37(12-7-21)20(3)39/h4-5,16,18,21-22,26,33H,6-15,17H2,1-3H3,(H,34,35,36). The number of likely N-dealkylation sites (tertiary alicyclic amines) is 2. The van der Waals surface area contributed by atoms with Crippen LogP contribution in [0.15, 0.2) is 18.2 Å². The summed E-state index contributed by atoms with van der Waals surface area (Å²) >= 11 is 12.4. The third-order valence-electron chi connectivity index (χ3n) is 8.73. The smallest absolute Gasteiger partial charge is 0.272 e. The molecule has 1 aromatic heterocycles. The van der Waals surface area contributed by atoms with Crippen LogP contribution in [-0.4, -0.2) is 83.1 Å². The van der Waals surface area contributed by atoms with Gasteiger partial charge >= 0.3 is 0 Å². The molecule has 222 valence electrons. The van der Waals surface area contributed by atoms with E-state index in [9.17, 15) is 9.59 Å². The molecule has 3 aliphatic heterocycles. The first-order valence-corrected chi connectivity index (χ1v) is 15.4. The molecule has 0 bridgehead atoms. The van der Waals surface area contributed by atoms with Gasteiger partial charge < -0.3 is 25.2 Å². The van der Waals surface area contributed by atoms with Crippen molar-refractivity contribution in [2.45, 2.75) is 70.9 Å². The van der Waals surface area contributed by atoms with Gasteiger partial charge in [0.25, 0.3) is 5.91 Å². The van der Waals surface area contributed by atoms with E-state index in [0.29, 0.717) is 77.1 Å². The van der Waals surface area contributed by atoms with Gasteiger partial charge in [-0.3, -0.25) is 9.59 Å². The number of hydrogen-bond donors (Lipinski definition) is 2. The summed E-state index contributed by atoms with van der Waals surface area (Å²) in [4.78, 5) is 39.3. The first kappa shape index (κ1) is 30.0. The third kappa shape index (κ3) is 7.13. The van der Waals surface area contributed by atoms with E-state index in [1.165, 1.54) is 0 Å². The molecule has 2 atom stereocenters. The van der Waals surface area contributed by atoms with Crippen LogP contribution < -0.4 is 10.6 Å². The molecule has 3 fully saturated rings. The zero-order valence-corrected chi connectivity index (χ0v) is 25.6. The third-order valence-corrected chi connectivity index (χ3v) is 9.47. The molecular weight excluding hydrogens is 563 g/mol. The van der Waals surface area contributed by atoms with Crippen LogP contribution in [0.1, 0.15) is 73.7 Å². The number of benzene rings is 1. The van der Waals surface area contributed by atoms with E-state index in [1.807, 2.05) is 22.8 Å². The van der Waals surface area contributed by atoms with Crippen LogP contribution in [0, 0.1) is 12.8 Å². The quantitative estimate of drug-likeness (QED) is 0.470. The highest BCUT2D eigenvalue weighted by Gasteiger charge is 2.31. The van der Waals surface area contributed by atoms with Crippen LogP contribution >= 0.6 is 23.2 Å². The van der Waals surface area contributed by atoms with E-state index in [2.05, 4.69) is 17.6 Å². The predicted molar refractivity (Wildman–Crippen MR) is 161 cm³/mol. The van der Waals surface area contributed by atoms with Crippen molar-refractivity contribution in [2.75, 3.05) is 44.7 Å². The summed E-state index contributed by atoms with van der Waals surface area (Å²) < 4.78 is 5.60. The number of carbonyl (C=O) groups is 2. The van der Waals surface area contributed by atoms with Crippen molar-refractivity contribution in [3.63, 3.8) is 0 Å². The molecule has 3 aliphatic rings. The molecule has 2 unspecified atom stereocenters. The Morgan fingerprint density at radius 1 is 0.976 bits per heavy atom. The number of ether oxygens (including phenoxy) is 1. The van der Waals surface area contributed by atoms with Gasteiger partial charge in [0.05, 0.1) is 16.7 Å². The molecule has 0 radical (unpaired) electrons. The second-order valence-corrected chi connectivity index (χ2v) is 12.4. The van der Waals surface area contributed by atoms with Gasteiger partial charge in [-0.15, -0.1) is 0 Å². The van der Waals surface area contributed by atoms with E-state index in [4.69, 9.17) is 37.9 Å². The Hall–Kier alpha value is -2.46. The Morgan fingerprint density at radius 2 is 1.68 bits per heavy atom. The number of anilines is 2. The summed E-state index contributed by atoms with van der Waals surface area (Å²) in [5, 5.41) is 8.08. The van der Waals surface area contributed by atoms with Gasteiger partial charge in [-0.25, -0.2) is 9.97 Å². The lowest BCUT2D eigenvalue weighted by molar-refractivity contribution is -0.129. The number of hydrogen-bond acceptors (Lipinski definition) is 7. The number of carbonyl (C=O) groups excluding carboxylic acids is 2. The Labute approximate surface area is 252 Å². The number of nitrogens with zero attached hydrogens (tertiary/aromatic N) is 4. The molecule has 41 heavy (non-hydrogen) atoms. The average molecular weight is 604 g/mol. The van der Waals surface area contributed by atoms with E-state index >= 15 is 0 Å². The van der Waals surface area contributed by atoms with Gasteiger partial charge in [0, 0.05) is 69.0 Å². The lowest BCUT2D eigenvalue weighted by atomic mass is 9.94. The molecule has 2 N–H and O–H groups in total. The summed E-state index contributed by atoms with van der Waals surface area (Å²) in [6, 6.07) is 6.16. The highest BCUT2D eigenvalue weighted by Crippen LogP contribution is 2.32. The van der Waals surface area contributed by atoms with Gasteiger partial charge in [0.15, 0.2) is 0 Å². The van der Waals surface area contributed by atoms with Crippen molar-refractivity contribution in [1.29, 1.82) is 0 Å². The van der Waals surface area contributed by atoms with Crippen molar-refractivity contribution < 1.29 is 14.3 Å². The number of aromatic nitrogens is 2. The van der Waals surface area contributed by atoms with Crippen LogP contribution in [0.3, 0.4) is 0 Å². The molecule has 5 rings (SSSR count). The Morgan fingerprint density at radius 3 is 2.34 bits per heavy atom. The molecule has 4 heterocycles. The predicted octanol–water partition coefficient (Wildman–Crippen LogP) is 5.18. The SMILES string of the molecule is CC(=O)N1CCC(c2nc(Nc3ccc(Cl)c(Cl)c3)c(C)c(C(=O)N3CCC(NC4CCOCC4C)CC3)n2)CC1. The number of amides is 2. The van der Waals surface area contributed by atoms with Crippen LogP contribution in [0.2, 0.25) is 10.0 Å². The summed E-state index contributed by atoms with van der Waals surface area (Å²) in [5.41, 5.74) is 1.85. The van der Waals surface area contributed by atoms with Crippen LogP contribution in [0.5, 0.6) is 0 Å². The number of rotatable bonds is 6. The van der Waals surface area contributed by atoms with Crippen molar-refractivity contribution >= 4 is 46.5 Å². The molecule has 9 nitrogen and oxygen atoms in total. The van der Waals surface area contributed by atoms with Gasteiger partial charge in [-0.05, 0) is 63.1 Å². The van der Waals surface area contributed by atoms with E-state index in [1.54, 1.807) is 19.1 Å². The number of piperidine rings is 2. The molecule has 2 aromatic rings. The first-order valence-electron chi connectivity index (χ1n) is 14.7. The molecular formula is C30H40Cl2N6O3. The lowest BCUT2D eigenvalue weighted by Crippen LogP contribution is -2.51. The maximum Gasteiger partial charge on any atom is 0.272 e. The Bertz CT molecular complexity index is 1260. The fraction of sp³-hybridized carbons (Fsp3) is 0.600. The normalized spacial score (nSPS) is 22.6. The summed E-state index contributed by atoms with van der Waals surface area (Å²) in [6.45, 7) is 10.00. The van der Waals surface area contributed by atoms with Crippen molar-refractivity contribution in [3.8, 4) is 0 Å². The van der Waals surface area contributed by atoms with Crippen LogP contribution in [0.4, 0.5) is 11.5 Å². The minimum Gasteiger partial charge on any atom is -0.381 e. The molecule has 0 aliphatic carbocycles. The maximum atomic E-state index is 13.9. The Kier molecular flexibility index (Phi) is 9.69. The fourth-order valence-corrected chi connectivity index (χ4v) is 6.34. The average Bonchev–Trinajstić information content (AvgIpc) is 2.97. The summed E-state index contributed by atoms with van der Waals surface area (Å²) in [7, 11) is 0. The van der Waals surface area contributed by atoms with Gasteiger partial charge in [-0.2, -0.15) is 0 Å². The lowest BCUT2D eigenvalue weighted by Gasteiger charge is -2.37. The summed E-state index contributed by atoms with van der Waals surface area (Å²) in [5.74, 6) is 1.78. The molecule has 3 saturated heterocycles. The van der Waals surface area contributed by atoms with Crippen molar-refractivity contribution in [2.24, 2.45) is 5.92 Å².